The van der Waals surface area contributed by atoms with E-state index >= 15 is 0 Å². The number of hydrogen-bond donors (Lipinski definition) is 0. The third-order valence-electron chi connectivity index (χ3n) is 4.67. The van der Waals surface area contributed by atoms with Gasteiger partial charge in [0.1, 0.15) is 6.10 Å². The van der Waals surface area contributed by atoms with Gasteiger partial charge in [-0.05, 0) is 55.8 Å². The van der Waals surface area contributed by atoms with Crippen molar-refractivity contribution in [2.24, 2.45) is 23.7 Å². The predicted octanol–water partition coefficient (Wildman–Crippen LogP) is 1.94. The first kappa shape index (κ1) is 10.3. The molecule has 0 aromatic carbocycles. The van der Waals surface area contributed by atoms with Gasteiger partial charge in [-0.2, -0.15) is 0 Å². The molecule has 0 spiro atoms. The molecule has 4 bridgehead atoms. The topological polar surface area (TPSA) is 43.4 Å². The van der Waals surface area contributed by atoms with Crippen molar-refractivity contribution in [1.82, 2.24) is 0 Å². The summed E-state index contributed by atoms with van der Waals surface area (Å²) in [7, 11) is 0. The lowest BCUT2D eigenvalue weighted by Crippen LogP contribution is -2.50. The van der Waals surface area contributed by atoms with Gasteiger partial charge >= 0.3 is 5.97 Å². The largest absolute Gasteiger partial charge is 0.456 e. The van der Waals surface area contributed by atoms with Gasteiger partial charge in [-0.25, -0.2) is 4.79 Å². The van der Waals surface area contributed by atoms with Crippen molar-refractivity contribution in [2.45, 2.75) is 45.1 Å². The molecule has 0 aromatic rings. The summed E-state index contributed by atoms with van der Waals surface area (Å²) in [4.78, 5) is 22.3. The van der Waals surface area contributed by atoms with Crippen LogP contribution in [0, 0.1) is 23.7 Å². The van der Waals surface area contributed by atoms with Gasteiger partial charge in [-0.15, -0.1) is 0 Å². The van der Waals surface area contributed by atoms with Gasteiger partial charge in [0.25, 0.3) is 0 Å². The maximum Gasteiger partial charge on any atom is 0.374 e. The van der Waals surface area contributed by atoms with Crippen LogP contribution in [0.25, 0.3) is 0 Å². The van der Waals surface area contributed by atoms with Gasteiger partial charge in [0.15, 0.2) is 0 Å². The SMILES string of the molecule is CC(=O)C(=O)OC1C2CC3CC(C2)CC1C3. The molecule has 0 unspecified atom stereocenters. The normalized spacial score (nSPS) is 44.4. The van der Waals surface area contributed by atoms with E-state index in [-0.39, 0.29) is 6.10 Å². The highest BCUT2D eigenvalue weighted by atomic mass is 16.5. The molecule has 0 aromatic heterocycles. The van der Waals surface area contributed by atoms with Crippen LogP contribution in [-0.2, 0) is 14.3 Å². The number of rotatable bonds is 2. The Kier molecular flexibility index (Phi) is 2.30. The summed E-state index contributed by atoms with van der Waals surface area (Å²) in [6, 6.07) is 0. The van der Waals surface area contributed by atoms with E-state index < -0.39 is 11.8 Å². The number of carbonyl (C=O) groups excluding carboxylic acids is 2. The predicted molar refractivity (Wildman–Crippen MR) is 57.6 cm³/mol. The minimum atomic E-state index is -0.627. The molecular weight excluding hydrogens is 204 g/mol. The fourth-order valence-corrected chi connectivity index (χ4v) is 4.27. The van der Waals surface area contributed by atoms with Gasteiger partial charge < -0.3 is 4.74 Å². The molecule has 4 aliphatic rings. The van der Waals surface area contributed by atoms with Crippen LogP contribution in [0.1, 0.15) is 39.0 Å². The molecule has 4 aliphatic carbocycles. The number of Topliss-reactive ketones (excluding diaryl/α,β-unsaturated/α-hetero) is 1. The van der Waals surface area contributed by atoms with Gasteiger partial charge in [-0.1, -0.05) is 0 Å². The van der Waals surface area contributed by atoms with Crippen molar-refractivity contribution >= 4 is 11.8 Å². The van der Waals surface area contributed by atoms with E-state index in [0.29, 0.717) is 11.8 Å². The molecular formula is C13H18O3. The monoisotopic (exact) mass is 222 g/mol. The van der Waals surface area contributed by atoms with Crippen LogP contribution in [0.5, 0.6) is 0 Å². The third-order valence-corrected chi connectivity index (χ3v) is 4.67. The van der Waals surface area contributed by atoms with Crippen LogP contribution in [0.3, 0.4) is 0 Å². The Labute approximate surface area is 95.5 Å². The van der Waals surface area contributed by atoms with Crippen molar-refractivity contribution in [3.05, 3.63) is 0 Å². The molecule has 88 valence electrons. The number of carbonyl (C=O) groups is 2. The average molecular weight is 222 g/mol. The van der Waals surface area contributed by atoms with Crippen LogP contribution in [0.2, 0.25) is 0 Å². The zero-order valence-electron chi connectivity index (χ0n) is 9.65. The van der Waals surface area contributed by atoms with Crippen molar-refractivity contribution in [3.63, 3.8) is 0 Å². The van der Waals surface area contributed by atoms with E-state index in [4.69, 9.17) is 4.74 Å². The van der Waals surface area contributed by atoms with Gasteiger partial charge in [-0.3, -0.25) is 4.79 Å². The van der Waals surface area contributed by atoms with Crippen molar-refractivity contribution in [1.29, 1.82) is 0 Å². The standard InChI is InChI=1S/C13H18O3/c1-7(14)13(15)16-12-10-3-8-2-9(5-10)6-11(12)4-8/h8-12H,2-6H2,1H3. The van der Waals surface area contributed by atoms with E-state index in [2.05, 4.69) is 0 Å². The summed E-state index contributed by atoms with van der Waals surface area (Å²) in [5.41, 5.74) is 0. The van der Waals surface area contributed by atoms with Crippen molar-refractivity contribution in [3.8, 4) is 0 Å². The molecule has 3 heteroatoms. The Morgan fingerprint density at radius 2 is 1.44 bits per heavy atom. The minimum Gasteiger partial charge on any atom is -0.456 e. The van der Waals surface area contributed by atoms with Crippen LogP contribution in [0.15, 0.2) is 0 Å². The van der Waals surface area contributed by atoms with E-state index in [9.17, 15) is 9.59 Å². The second-order valence-electron chi connectivity index (χ2n) is 5.86. The van der Waals surface area contributed by atoms with Gasteiger partial charge in [0.05, 0.1) is 0 Å². The van der Waals surface area contributed by atoms with Gasteiger partial charge in [0.2, 0.25) is 5.78 Å². The average Bonchev–Trinajstić information content (AvgIpc) is 2.21. The lowest BCUT2D eigenvalue weighted by atomic mass is 9.55. The molecule has 0 saturated heterocycles. The minimum absolute atomic E-state index is 0.0456. The Bertz CT molecular complexity index is 306. The van der Waals surface area contributed by atoms with Crippen LogP contribution in [0.4, 0.5) is 0 Å². The molecule has 0 radical (unpaired) electrons. The van der Waals surface area contributed by atoms with E-state index in [1.165, 1.54) is 39.0 Å². The molecule has 4 rings (SSSR count). The second-order valence-corrected chi connectivity index (χ2v) is 5.86. The lowest BCUT2D eigenvalue weighted by molar-refractivity contribution is -0.174. The zero-order valence-corrected chi connectivity index (χ0v) is 9.65. The number of hydrogen-bond acceptors (Lipinski definition) is 3. The first-order chi connectivity index (χ1) is 7.63. The van der Waals surface area contributed by atoms with E-state index in [1.807, 2.05) is 0 Å². The zero-order chi connectivity index (χ0) is 11.3. The molecule has 3 nitrogen and oxygen atoms in total. The summed E-state index contributed by atoms with van der Waals surface area (Å²) in [5, 5.41) is 0. The summed E-state index contributed by atoms with van der Waals surface area (Å²) in [6.07, 6.45) is 6.28. The second kappa shape index (κ2) is 3.57. The fraction of sp³-hybridized carbons (Fsp3) is 0.846. The first-order valence-corrected chi connectivity index (χ1v) is 6.35. The third kappa shape index (κ3) is 1.57. The summed E-state index contributed by atoms with van der Waals surface area (Å²) in [5.74, 6) is 1.73. The molecule has 0 aliphatic heterocycles. The highest BCUT2D eigenvalue weighted by Gasteiger charge is 2.50. The number of esters is 1. The molecule has 0 amide bonds. The van der Waals surface area contributed by atoms with Crippen LogP contribution in [-0.4, -0.2) is 17.9 Å². The Hall–Kier alpha value is -0.860. The molecule has 0 atom stereocenters. The molecule has 0 N–H and O–H groups in total. The summed E-state index contributed by atoms with van der Waals surface area (Å²) in [6.45, 7) is 1.29. The summed E-state index contributed by atoms with van der Waals surface area (Å²) >= 11 is 0. The molecule has 16 heavy (non-hydrogen) atoms. The van der Waals surface area contributed by atoms with Crippen molar-refractivity contribution in [2.75, 3.05) is 0 Å². The fourth-order valence-electron chi connectivity index (χ4n) is 4.27. The Morgan fingerprint density at radius 3 is 1.88 bits per heavy atom. The molecule has 0 heterocycles. The highest BCUT2D eigenvalue weighted by molar-refractivity contribution is 6.32. The Morgan fingerprint density at radius 1 is 0.938 bits per heavy atom. The van der Waals surface area contributed by atoms with Crippen LogP contribution >= 0.6 is 0 Å². The van der Waals surface area contributed by atoms with Crippen molar-refractivity contribution < 1.29 is 14.3 Å². The molecule has 4 fully saturated rings. The quantitative estimate of drug-likeness (QED) is 0.529. The lowest BCUT2D eigenvalue weighted by Gasteiger charge is -2.53. The Balaban J connectivity index is 1.72. The molecule has 4 saturated carbocycles. The smallest absolute Gasteiger partial charge is 0.374 e. The maximum absolute atomic E-state index is 11.4. The van der Waals surface area contributed by atoms with E-state index in [0.717, 1.165) is 11.8 Å². The number of ether oxygens (including phenoxy) is 1. The first-order valence-electron chi connectivity index (χ1n) is 6.35. The maximum atomic E-state index is 11.4. The van der Waals surface area contributed by atoms with E-state index in [1.54, 1.807) is 0 Å². The highest BCUT2D eigenvalue weighted by Crippen LogP contribution is 2.54. The van der Waals surface area contributed by atoms with Gasteiger partial charge in [0, 0.05) is 6.92 Å². The number of ketones is 1. The van der Waals surface area contributed by atoms with Crippen LogP contribution < -0.4 is 0 Å². The summed E-state index contributed by atoms with van der Waals surface area (Å²) < 4.78 is 5.40.